The Hall–Kier alpha value is -3.12. The Morgan fingerprint density at radius 3 is 2.52 bits per heavy atom. The van der Waals surface area contributed by atoms with Crippen LogP contribution in [-0.4, -0.2) is 22.5 Å². The van der Waals surface area contributed by atoms with Gasteiger partial charge in [-0.3, -0.25) is 4.79 Å². The molecule has 7 heteroatoms. The van der Waals surface area contributed by atoms with Crippen molar-refractivity contribution < 1.29 is 9.53 Å². The van der Waals surface area contributed by atoms with Gasteiger partial charge in [0.15, 0.2) is 0 Å². The number of amides is 1. The quantitative estimate of drug-likeness (QED) is 0.640. The number of aromatic nitrogens is 2. The lowest BCUT2D eigenvalue weighted by molar-refractivity contribution is 0.0945. The van der Waals surface area contributed by atoms with E-state index in [-0.39, 0.29) is 11.6 Å². The molecule has 0 fully saturated rings. The molecule has 6 nitrogen and oxygen atoms in total. The first-order chi connectivity index (χ1) is 13.2. The maximum Gasteiger partial charge on any atom is 0.271 e. The van der Waals surface area contributed by atoms with E-state index in [0.29, 0.717) is 24.0 Å². The SMILES string of the molecule is CCOc1ccc(Nc2cnc(C(=O)NCc3ccccc3Cl)cn2)cc1. The molecule has 0 saturated carbocycles. The molecule has 3 aromatic rings. The first kappa shape index (κ1) is 18.7. The number of benzene rings is 2. The number of anilines is 2. The van der Waals surface area contributed by atoms with Crippen LogP contribution < -0.4 is 15.4 Å². The number of hydrogen-bond acceptors (Lipinski definition) is 5. The second-order valence-electron chi connectivity index (χ2n) is 5.64. The van der Waals surface area contributed by atoms with E-state index < -0.39 is 0 Å². The van der Waals surface area contributed by atoms with E-state index in [9.17, 15) is 4.79 Å². The molecule has 2 aromatic carbocycles. The summed E-state index contributed by atoms with van der Waals surface area (Å²) in [6.07, 6.45) is 2.94. The van der Waals surface area contributed by atoms with Crippen molar-refractivity contribution in [3.8, 4) is 5.75 Å². The standard InChI is InChI=1S/C20H19ClN4O2/c1-2-27-16-9-7-15(8-10-16)25-19-13-22-18(12-23-19)20(26)24-11-14-5-3-4-6-17(14)21/h3-10,12-13H,2,11H2,1H3,(H,23,25)(H,24,26). The molecule has 2 N–H and O–H groups in total. The predicted molar refractivity (Wildman–Crippen MR) is 106 cm³/mol. The summed E-state index contributed by atoms with van der Waals surface area (Å²) in [6, 6.07) is 14.9. The molecule has 0 atom stereocenters. The third-order valence-corrected chi connectivity index (χ3v) is 4.09. The van der Waals surface area contributed by atoms with Crippen molar-refractivity contribution >= 4 is 29.0 Å². The number of carbonyl (C=O) groups is 1. The lowest BCUT2D eigenvalue weighted by atomic mass is 10.2. The average Bonchev–Trinajstić information content (AvgIpc) is 2.69. The molecule has 0 saturated heterocycles. The van der Waals surface area contributed by atoms with Crippen LogP contribution in [0.15, 0.2) is 60.9 Å². The Bertz CT molecular complexity index is 899. The van der Waals surface area contributed by atoms with Gasteiger partial charge in [0.1, 0.15) is 17.3 Å². The lowest BCUT2D eigenvalue weighted by Gasteiger charge is -2.08. The minimum atomic E-state index is -0.310. The maximum atomic E-state index is 12.2. The van der Waals surface area contributed by atoms with Crippen LogP contribution in [0.25, 0.3) is 0 Å². The van der Waals surface area contributed by atoms with Gasteiger partial charge in [0.05, 0.1) is 19.0 Å². The Labute approximate surface area is 162 Å². The summed E-state index contributed by atoms with van der Waals surface area (Å²) in [5, 5.41) is 6.52. The predicted octanol–water partition coefficient (Wildman–Crippen LogP) is 4.20. The van der Waals surface area contributed by atoms with Crippen molar-refractivity contribution in [1.29, 1.82) is 0 Å². The molecule has 0 aliphatic heterocycles. The summed E-state index contributed by atoms with van der Waals surface area (Å²) < 4.78 is 5.41. The summed E-state index contributed by atoms with van der Waals surface area (Å²) in [5.74, 6) is 1.04. The first-order valence-corrected chi connectivity index (χ1v) is 8.87. The third-order valence-electron chi connectivity index (χ3n) is 3.72. The van der Waals surface area contributed by atoms with Gasteiger partial charge in [-0.15, -0.1) is 0 Å². The van der Waals surface area contributed by atoms with Crippen LogP contribution in [0.2, 0.25) is 5.02 Å². The normalized spacial score (nSPS) is 10.3. The molecule has 1 amide bonds. The first-order valence-electron chi connectivity index (χ1n) is 8.49. The highest BCUT2D eigenvalue weighted by Crippen LogP contribution is 2.18. The van der Waals surface area contributed by atoms with E-state index in [2.05, 4.69) is 20.6 Å². The monoisotopic (exact) mass is 382 g/mol. The van der Waals surface area contributed by atoms with Gasteiger partial charge >= 0.3 is 0 Å². The highest BCUT2D eigenvalue weighted by molar-refractivity contribution is 6.31. The lowest BCUT2D eigenvalue weighted by Crippen LogP contribution is -2.24. The van der Waals surface area contributed by atoms with E-state index in [1.165, 1.54) is 12.4 Å². The zero-order chi connectivity index (χ0) is 19.1. The molecule has 0 aliphatic rings. The Morgan fingerprint density at radius 2 is 1.85 bits per heavy atom. The van der Waals surface area contributed by atoms with Gasteiger partial charge in [-0.1, -0.05) is 29.8 Å². The number of nitrogens with zero attached hydrogens (tertiary/aromatic N) is 2. The summed E-state index contributed by atoms with van der Waals surface area (Å²) in [5.41, 5.74) is 1.93. The molecule has 27 heavy (non-hydrogen) atoms. The minimum Gasteiger partial charge on any atom is -0.494 e. The van der Waals surface area contributed by atoms with Crippen LogP contribution in [0, 0.1) is 0 Å². The van der Waals surface area contributed by atoms with Crippen molar-refractivity contribution in [3.05, 3.63) is 77.2 Å². The highest BCUT2D eigenvalue weighted by atomic mass is 35.5. The van der Waals surface area contributed by atoms with E-state index >= 15 is 0 Å². The Kier molecular flexibility index (Phi) is 6.22. The molecule has 0 radical (unpaired) electrons. The van der Waals surface area contributed by atoms with Crippen LogP contribution in [0.4, 0.5) is 11.5 Å². The largest absolute Gasteiger partial charge is 0.494 e. The van der Waals surface area contributed by atoms with Gasteiger partial charge in [-0.25, -0.2) is 9.97 Å². The second-order valence-corrected chi connectivity index (χ2v) is 6.05. The minimum absolute atomic E-state index is 0.235. The number of nitrogens with one attached hydrogen (secondary N) is 2. The molecule has 138 valence electrons. The molecule has 0 unspecified atom stereocenters. The maximum absolute atomic E-state index is 12.2. The summed E-state index contributed by atoms with van der Waals surface area (Å²) in [7, 11) is 0. The van der Waals surface area contributed by atoms with Crippen molar-refractivity contribution in [1.82, 2.24) is 15.3 Å². The molecular weight excluding hydrogens is 364 g/mol. The van der Waals surface area contributed by atoms with Crippen molar-refractivity contribution in [3.63, 3.8) is 0 Å². The van der Waals surface area contributed by atoms with Crippen LogP contribution >= 0.6 is 11.6 Å². The molecule has 0 aliphatic carbocycles. The van der Waals surface area contributed by atoms with Gasteiger partial charge in [0, 0.05) is 17.3 Å². The van der Waals surface area contributed by atoms with Crippen LogP contribution in [0.1, 0.15) is 23.0 Å². The van der Waals surface area contributed by atoms with Gasteiger partial charge in [0.25, 0.3) is 5.91 Å². The van der Waals surface area contributed by atoms with E-state index in [0.717, 1.165) is 17.0 Å². The number of ether oxygens (including phenoxy) is 1. The summed E-state index contributed by atoms with van der Waals surface area (Å²) >= 11 is 6.08. The Morgan fingerprint density at radius 1 is 1.07 bits per heavy atom. The number of carbonyl (C=O) groups excluding carboxylic acids is 1. The van der Waals surface area contributed by atoms with Crippen LogP contribution in [-0.2, 0) is 6.54 Å². The van der Waals surface area contributed by atoms with E-state index in [1.54, 1.807) is 6.07 Å². The average molecular weight is 383 g/mol. The summed E-state index contributed by atoms with van der Waals surface area (Å²) in [4.78, 5) is 20.6. The Balaban J connectivity index is 1.57. The fourth-order valence-corrected chi connectivity index (χ4v) is 2.57. The fourth-order valence-electron chi connectivity index (χ4n) is 2.37. The van der Waals surface area contributed by atoms with Crippen molar-refractivity contribution in [2.75, 3.05) is 11.9 Å². The fraction of sp³-hybridized carbons (Fsp3) is 0.150. The summed E-state index contributed by atoms with van der Waals surface area (Å²) in [6.45, 7) is 2.89. The van der Waals surface area contributed by atoms with Gasteiger partial charge in [0.2, 0.25) is 0 Å². The second kappa shape index (κ2) is 9.00. The topological polar surface area (TPSA) is 76.1 Å². The smallest absolute Gasteiger partial charge is 0.271 e. The van der Waals surface area contributed by atoms with Gasteiger partial charge < -0.3 is 15.4 Å². The van der Waals surface area contributed by atoms with Crippen LogP contribution in [0.3, 0.4) is 0 Å². The zero-order valence-corrected chi connectivity index (χ0v) is 15.5. The van der Waals surface area contributed by atoms with Gasteiger partial charge in [-0.2, -0.15) is 0 Å². The van der Waals surface area contributed by atoms with E-state index in [1.807, 2.05) is 49.4 Å². The van der Waals surface area contributed by atoms with Crippen molar-refractivity contribution in [2.45, 2.75) is 13.5 Å². The zero-order valence-electron chi connectivity index (χ0n) is 14.8. The molecule has 1 heterocycles. The molecule has 0 bridgehead atoms. The van der Waals surface area contributed by atoms with Crippen LogP contribution in [0.5, 0.6) is 5.75 Å². The highest BCUT2D eigenvalue weighted by Gasteiger charge is 2.09. The van der Waals surface area contributed by atoms with E-state index in [4.69, 9.17) is 16.3 Å². The number of rotatable bonds is 7. The molecular formula is C20H19ClN4O2. The number of hydrogen-bond donors (Lipinski definition) is 2. The molecule has 1 aromatic heterocycles. The molecule has 0 spiro atoms. The third kappa shape index (κ3) is 5.18. The molecule has 3 rings (SSSR count). The number of halogens is 1. The van der Waals surface area contributed by atoms with Crippen molar-refractivity contribution in [2.24, 2.45) is 0 Å². The van der Waals surface area contributed by atoms with Gasteiger partial charge in [-0.05, 0) is 42.8 Å².